The highest BCUT2D eigenvalue weighted by molar-refractivity contribution is 5.92. The van der Waals surface area contributed by atoms with Gasteiger partial charge >= 0.3 is 6.18 Å². The van der Waals surface area contributed by atoms with Crippen LogP contribution in [0.1, 0.15) is 12.8 Å². The summed E-state index contributed by atoms with van der Waals surface area (Å²) in [5, 5.41) is 14.4. The second kappa shape index (κ2) is 6.49. The molecule has 0 aromatic carbocycles. The first kappa shape index (κ1) is 18.2. The van der Waals surface area contributed by atoms with Gasteiger partial charge in [-0.3, -0.25) is 9.58 Å². The molecule has 0 aliphatic carbocycles. The normalized spacial score (nSPS) is 16.8. The van der Waals surface area contributed by atoms with Crippen LogP contribution in [0.15, 0.2) is 24.8 Å². The molecule has 4 rings (SSSR count). The summed E-state index contributed by atoms with van der Waals surface area (Å²) in [5.41, 5.74) is 7.27. The Labute approximate surface area is 157 Å². The van der Waals surface area contributed by atoms with Crippen LogP contribution in [0.4, 0.5) is 19.0 Å². The zero-order valence-corrected chi connectivity index (χ0v) is 14.7. The molecule has 3 aromatic rings. The summed E-state index contributed by atoms with van der Waals surface area (Å²) < 4.78 is 39.0. The number of nitriles is 1. The number of halogens is 3. The zero-order chi connectivity index (χ0) is 19.9. The van der Waals surface area contributed by atoms with E-state index in [9.17, 15) is 18.4 Å². The van der Waals surface area contributed by atoms with Gasteiger partial charge in [0.05, 0.1) is 30.2 Å². The predicted molar refractivity (Wildman–Crippen MR) is 94.8 cm³/mol. The van der Waals surface area contributed by atoms with Gasteiger partial charge in [-0.2, -0.15) is 23.5 Å². The molecule has 28 heavy (non-hydrogen) atoms. The van der Waals surface area contributed by atoms with Crippen LogP contribution in [0, 0.1) is 11.3 Å². The number of nitrogen functional groups attached to an aromatic ring is 1. The number of nitrogens with zero attached hydrogens (tertiary/aromatic N) is 6. The van der Waals surface area contributed by atoms with E-state index < -0.39 is 18.1 Å². The lowest BCUT2D eigenvalue weighted by Crippen LogP contribution is -2.63. The van der Waals surface area contributed by atoms with Crippen LogP contribution in [0.2, 0.25) is 0 Å². The smallest absolute Gasteiger partial charge is 0.382 e. The lowest BCUT2D eigenvalue weighted by atomic mass is 9.86. The Bertz CT molecular complexity index is 1040. The number of rotatable bonds is 5. The summed E-state index contributed by atoms with van der Waals surface area (Å²) in [7, 11) is 0. The Morgan fingerprint density at radius 3 is 2.82 bits per heavy atom. The highest BCUT2D eigenvalue weighted by Gasteiger charge is 2.46. The maximum atomic E-state index is 12.5. The molecule has 1 fully saturated rings. The Hall–Kier alpha value is -3.13. The van der Waals surface area contributed by atoms with Crippen LogP contribution in [0.5, 0.6) is 0 Å². The number of aromatic nitrogens is 5. The zero-order valence-electron chi connectivity index (χ0n) is 14.7. The van der Waals surface area contributed by atoms with Crippen molar-refractivity contribution in [1.29, 1.82) is 5.26 Å². The standard InChI is InChI=1S/C17H17F3N8/c18-17(19,20)3-6-27-8-16(9-27,2-4-21)28-7-12(14(22)26-28)13-11-1-5-23-15(11)25-10-24-13/h1,5,7,10H,2-3,6,8-9H2,(H2,22,26)(H,23,24,25). The first-order chi connectivity index (χ1) is 13.3. The summed E-state index contributed by atoms with van der Waals surface area (Å²) in [6.07, 6.45) is -0.0917. The van der Waals surface area contributed by atoms with Gasteiger partial charge in [0, 0.05) is 37.4 Å². The quantitative estimate of drug-likeness (QED) is 0.691. The molecule has 0 bridgehead atoms. The number of H-pyrrole nitrogens is 1. The minimum absolute atomic E-state index is 0.101. The molecule has 1 aliphatic heterocycles. The van der Waals surface area contributed by atoms with E-state index in [1.54, 1.807) is 22.0 Å². The molecular formula is C17H17F3N8. The number of hydrogen-bond donors (Lipinski definition) is 2. The largest absolute Gasteiger partial charge is 0.390 e. The molecule has 8 nitrogen and oxygen atoms in total. The topological polar surface area (TPSA) is 112 Å². The molecular weight excluding hydrogens is 373 g/mol. The number of fused-ring (bicyclic) bond motifs is 1. The summed E-state index contributed by atoms with van der Waals surface area (Å²) in [4.78, 5) is 13.1. The Morgan fingerprint density at radius 1 is 1.32 bits per heavy atom. The second-order valence-electron chi connectivity index (χ2n) is 6.97. The van der Waals surface area contributed by atoms with Crippen LogP contribution in [0.3, 0.4) is 0 Å². The molecule has 1 aliphatic rings. The van der Waals surface area contributed by atoms with Gasteiger partial charge < -0.3 is 10.7 Å². The van der Waals surface area contributed by atoms with E-state index in [2.05, 4.69) is 26.1 Å². The van der Waals surface area contributed by atoms with E-state index in [1.807, 2.05) is 6.07 Å². The average Bonchev–Trinajstić information content (AvgIpc) is 3.22. The maximum Gasteiger partial charge on any atom is 0.390 e. The van der Waals surface area contributed by atoms with Crippen molar-refractivity contribution in [2.75, 3.05) is 25.4 Å². The van der Waals surface area contributed by atoms with Crippen LogP contribution < -0.4 is 5.73 Å². The molecule has 0 radical (unpaired) electrons. The van der Waals surface area contributed by atoms with E-state index in [0.29, 0.717) is 30.0 Å². The number of anilines is 1. The number of nitrogens with one attached hydrogen (secondary N) is 1. The Kier molecular flexibility index (Phi) is 4.23. The third kappa shape index (κ3) is 3.16. The van der Waals surface area contributed by atoms with E-state index in [0.717, 1.165) is 5.39 Å². The summed E-state index contributed by atoms with van der Waals surface area (Å²) in [5.74, 6) is 0.243. The minimum atomic E-state index is -4.20. The van der Waals surface area contributed by atoms with Crippen molar-refractivity contribution in [2.24, 2.45) is 0 Å². The van der Waals surface area contributed by atoms with Gasteiger partial charge in [0.2, 0.25) is 0 Å². The number of aromatic amines is 1. The fraction of sp³-hybridized carbons (Fsp3) is 0.412. The number of hydrogen-bond acceptors (Lipinski definition) is 6. The van der Waals surface area contributed by atoms with Gasteiger partial charge in [0.25, 0.3) is 0 Å². The summed E-state index contributed by atoms with van der Waals surface area (Å²) >= 11 is 0. The average molecular weight is 390 g/mol. The molecule has 146 valence electrons. The molecule has 3 N–H and O–H groups in total. The Morgan fingerprint density at radius 2 is 2.11 bits per heavy atom. The molecule has 0 amide bonds. The molecule has 0 unspecified atom stereocenters. The minimum Gasteiger partial charge on any atom is -0.382 e. The van der Waals surface area contributed by atoms with Crippen molar-refractivity contribution >= 4 is 16.9 Å². The van der Waals surface area contributed by atoms with E-state index >= 15 is 0 Å². The number of nitrogens with two attached hydrogens (primary N) is 1. The van der Waals surface area contributed by atoms with Crippen LogP contribution in [-0.2, 0) is 5.54 Å². The third-order valence-corrected chi connectivity index (χ3v) is 4.99. The van der Waals surface area contributed by atoms with Gasteiger partial charge in [-0.15, -0.1) is 0 Å². The summed E-state index contributed by atoms with van der Waals surface area (Å²) in [6.45, 7) is 0.511. The third-order valence-electron chi connectivity index (χ3n) is 4.99. The molecule has 0 saturated carbocycles. The second-order valence-corrected chi connectivity index (χ2v) is 6.97. The first-order valence-corrected chi connectivity index (χ1v) is 8.61. The van der Waals surface area contributed by atoms with Gasteiger partial charge in [-0.1, -0.05) is 0 Å². The monoisotopic (exact) mass is 390 g/mol. The molecule has 0 atom stereocenters. The van der Waals surface area contributed by atoms with Crippen LogP contribution in [0.25, 0.3) is 22.3 Å². The maximum absolute atomic E-state index is 12.5. The van der Waals surface area contributed by atoms with Gasteiger partial charge in [0.1, 0.15) is 17.5 Å². The molecule has 3 aromatic heterocycles. The van der Waals surface area contributed by atoms with Crippen LogP contribution in [-0.4, -0.2) is 55.4 Å². The lowest BCUT2D eigenvalue weighted by molar-refractivity contribution is -0.144. The van der Waals surface area contributed by atoms with Gasteiger partial charge in [-0.25, -0.2) is 9.97 Å². The van der Waals surface area contributed by atoms with Crippen molar-refractivity contribution < 1.29 is 13.2 Å². The van der Waals surface area contributed by atoms with Crippen LogP contribution >= 0.6 is 0 Å². The van der Waals surface area contributed by atoms with Crippen molar-refractivity contribution in [2.45, 2.75) is 24.6 Å². The first-order valence-electron chi connectivity index (χ1n) is 8.61. The molecule has 1 saturated heterocycles. The van der Waals surface area contributed by atoms with Crippen molar-refractivity contribution in [1.82, 2.24) is 29.6 Å². The molecule has 0 spiro atoms. The molecule has 4 heterocycles. The molecule has 11 heteroatoms. The van der Waals surface area contributed by atoms with Crippen molar-refractivity contribution in [3.05, 3.63) is 24.8 Å². The highest BCUT2D eigenvalue weighted by atomic mass is 19.4. The highest BCUT2D eigenvalue weighted by Crippen LogP contribution is 2.37. The fourth-order valence-corrected chi connectivity index (χ4v) is 3.61. The van der Waals surface area contributed by atoms with Crippen molar-refractivity contribution in [3.8, 4) is 17.3 Å². The van der Waals surface area contributed by atoms with E-state index in [-0.39, 0.29) is 18.8 Å². The van der Waals surface area contributed by atoms with Crippen molar-refractivity contribution in [3.63, 3.8) is 0 Å². The number of likely N-dealkylation sites (tertiary alicyclic amines) is 1. The summed E-state index contributed by atoms with van der Waals surface area (Å²) in [6, 6.07) is 3.94. The number of alkyl halides is 3. The fourth-order valence-electron chi connectivity index (χ4n) is 3.61. The predicted octanol–water partition coefficient (Wildman–Crippen LogP) is 2.28. The SMILES string of the molecule is N#CCC1(n2cc(-c3ncnc4[nH]ccc34)c(N)n2)CN(CCC(F)(F)F)C1. The van der Waals surface area contributed by atoms with E-state index in [4.69, 9.17) is 5.73 Å². The van der Waals surface area contributed by atoms with E-state index in [1.165, 1.54) is 6.33 Å². The van der Waals surface area contributed by atoms with Gasteiger partial charge in [0.15, 0.2) is 5.82 Å². The Balaban J connectivity index is 1.61. The lowest BCUT2D eigenvalue weighted by Gasteiger charge is -2.49. The van der Waals surface area contributed by atoms with Gasteiger partial charge in [-0.05, 0) is 6.07 Å².